The van der Waals surface area contributed by atoms with Crippen LogP contribution in [0.3, 0.4) is 0 Å². The van der Waals surface area contributed by atoms with Crippen molar-refractivity contribution in [3.05, 3.63) is 0 Å². The molecule has 0 aliphatic rings. The highest BCUT2D eigenvalue weighted by Crippen LogP contribution is 2.42. The molecule has 0 saturated carbocycles. The summed E-state index contributed by atoms with van der Waals surface area (Å²) in [4.78, 5) is 9.96. The third kappa shape index (κ3) is 3.06. The van der Waals surface area contributed by atoms with E-state index in [0.717, 1.165) is 0 Å². The number of sulfone groups is 1. The summed E-state index contributed by atoms with van der Waals surface area (Å²) in [6.45, 7) is 0. The largest absolute Gasteiger partial charge is 0.456 e. The van der Waals surface area contributed by atoms with Gasteiger partial charge in [0.1, 0.15) is 0 Å². The van der Waals surface area contributed by atoms with Crippen LogP contribution < -0.4 is 0 Å². The average Bonchev–Trinajstić information content (AvgIpc) is 1.98. The standard InChI is InChI=1S/C5H3F7O3S.H2O/c1-16(14,15)5(11,12)3(6,7)2(13)4(8,9)10;/h1H3;1H2. The van der Waals surface area contributed by atoms with Crippen LogP contribution in [-0.4, -0.2) is 43.3 Å². The second kappa shape index (κ2) is 4.40. The van der Waals surface area contributed by atoms with Gasteiger partial charge in [-0.25, -0.2) is 8.42 Å². The van der Waals surface area contributed by atoms with E-state index in [9.17, 15) is 43.9 Å². The van der Waals surface area contributed by atoms with Crippen LogP contribution in [0.1, 0.15) is 0 Å². The maximum Gasteiger partial charge on any atom is 0.456 e. The van der Waals surface area contributed by atoms with Crippen molar-refractivity contribution in [3.8, 4) is 0 Å². The number of Topliss-reactive ketones (excluding diaryl/α,β-unsaturated/α-hetero) is 1. The summed E-state index contributed by atoms with van der Waals surface area (Å²) >= 11 is 0. The number of carbonyl (C=O) groups excluding carboxylic acids is 1. The first kappa shape index (κ1) is 18.5. The molecule has 0 atom stereocenters. The minimum absolute atomic E-state index is 0. The van der Waals surface area contributed by atoms with Crippen LogP contribution in [0.2, 0.25) is 0 Å². The Labute approximate surface area is 89.6 Å². The molecule has 0 aromatic carbocycles. The molecular formula is C5H5F7O4S. The zero-order chi connectivity index (χ0) is 13.6. The number of hydrogen-bond donors (Lipinski definition) is 0. The second-order valence-corrected chi connectivity index (χ2v) is 4.75. The lowest BCUT2D eigenvalue weighted by Gasteiger charge is -2.24. The maximum atomic E-state index is 12.4. The molecule has 0 aliphatic carbocycles. The molecule has 0 aromatic rings. The fraction of sp³-hybridized carbons (Fsp3) is 0.800. The molecular weight excluding hydrogens is 289 g/mol. The van der Waals surface area contributed by atoms with Crippen LogP contribution in [0, 0.1) is 0 Å². The van der Waals surface area contributed by atoms with E-state index in [1.54, 1.807) is 0 Å². The molecule has 0 aromatic heterocycles. The minimum atomic E-state index is -6.36. The van der Waals surface area contributed by atoms with Crippen molar-refractivity contribution in [1.82, 2.24) is 0 Å². The van der Waals surface area contributed by atoms with Gasteiger partial charge in [0.05, 0.1) is 0 Å². The molecule has 0 radical (unpaired) electrons. The highest BCUT2D eigenvalue weighted by molar-refractivity contribution is 7.91. The first-order valence-corrected chi connectivity index (χ1v) is 5.11. The molecule has 4 nitrogen and oxygen atoms in total. The van der Waals surface area contributed by atoms with Gasteiger partial charge in [0.15, 0.2) is 0 Å². The molecule has 0 unspecified atom stereocenters. The summed E-state index contributed by atoms with van der Waals surface area (Å²) in [7, 11) is -5.87. The minimum Gasteiger partial charge on any atom is -0.412 e. The normalized spacial score (nSPS) is 14.1. The quantitative estimate of drug-likeness (QED) is 0.713. The Morgan fingerprint density at radius 2 is 1.24 bits per heavy atom. The van der Waals surface area contributed by atoms with Gasteiger partial charge < -0.3 is 5.48 Å². The van der Waals surface area contributed by atoms with Gasteiger partial charge in [-0.05, 0) is 0 Å². The van der Waals surface area contributed by atoms with Crippen LogP contribution in [0.4, 0.5) is 30.7 Å². The Hall–Kier alpha value is -0.910. The van der Waals surface area contributed by atoms with E-state index in [1.807, 2.05) is 0 Å². The first-order valence-electron chi connectivity index (χ1n) is 3.22. The van der Waals surface area contributed by atoms with E-state index < -0.39 is 39.2 Å². The third-order valence-electron chi connectivity index (χ3n) is 1.37. The van der Waals surface area contributed by atoms with E-state index in [1.165, 1.54) is 0 Å². The summed E-state index contributed by atoms with van der Waals surface area (Å²) in [5.41, 5.74) is 0. The van der Waals surface area contributed by atoms with E-state index >= 15 is 0 Å². The summed E-state index contributed by atoms with van der Waals surface area (Å²) in [5, 5.41) is -6.12. The number of alkyl halides is 7. The molecule has 0 amide bonds. The van der Waals surface area contributed by atoms with Crippen LogP contribution in [0.5, 0.6) is 0 Å². The topological polar surface area (TPSA) is 82.7 Å². The molecule has 0 aliphatic heterocycles. The first-order chi connectivity index (χ1) is 6.65. The summed E-state index contributed by atoms with van der Waals surface area (Å²) in [6.07, 6.45) is -6.68. The Bertz CT molecular complexity index is 395. The van der Waals surface area contributed by atoms with Gasteiger partial charge in [-0.15, -0.1) is 0 Å². The predicted molar refractivity (Wildman–Crippen MR) is 39.4 cm³/mol. The van der Waals surface area contributed by atoms with Crippen LogP contribution in [-0.2, 0) is 14.6 Å². The zero-order valence-electron chi connectivity index (χ0n) is 7.78. The molecule has 0 spiro atoms. The van der Waals surface area contributed by atoms with Crippen LogP contribution >= 0.6 is 0 Å². The van der Waals surface area contributed by atoms with Crippen molar-refractivity contribution in [3.63, 3.8) is 0 Å². The lowest BCUT2D eigenvalue weighted by atomic mass is 10.2. The van der Waals surface area contributed by atoms with E-state index in [4.69, 9.17) is 0 Å². The van der Waals surface area contributed by atoms with E-state index in [2.05, 4.69) is 0 Å². The van der Waals surface area contributed by atoms with E-state index in [-0.39, 0.29) is 5.48 Å². The fourth-order valence-electron chi connectivity index (χ4n) is 0.543. The Balaban J connectivity index is 0. The van der Waals surface area contributed by atoms with Crippen molar-refractivity contribution in [2.24, 2.45) is 0 Å². The number of halogens is 7. The Morgan fingerprint density at radius 1 is 0.941 bits per heavy atom. The molecule has 0 saturated heterocycles. The molecule has 12 heteroatoms. The Kier molecular flexibility index (Phi) is 4.78. The maximum absolute atomic E-state index is 12.4. The highest BCUT2D eigenvalue weighted by Gasteiger charge is 2.73. The smallest absolute Gasteiger partial charge is 0.412 e. The number of ketones is 1. The van der Waals surface area contributed by atoms with Crippen molar-refractivity contribution in [2.45, 2.75) is 17.4 Å². The average molecular weight is 294 g/mol. The predicted octanol–water partition coefficient (Wildman–Crippen LogP) is 0.566. The zero-order valence-corrected chi connectivity index (χ0v) is 8.60. The van der Waals surface area contributed by atoms with Gasteiger partial charge in [0, 0.05) is 6.26 Å². The van der Waals surface area contributed by atoms with Gasteiger partial charge in [-0.1, -0.05) is 0 Å². The van der Waals surface area contributed by atoms with E-state index in [0.29, 0.717) is 0 Å². The highest BCUT2D eigenvalue weighted by atomic mass is 32.2. The van der Waals surface area contributed by atoms with Crippen molar-refractivity contribution in [2.75, 3.05) is 6.26 Å². The summed E-state index contributed by atoms with van der Waals surface area (Å²) in [6, 6.07) is 0. The second-order valence-electron chi connectivity index (χ2n) is 2.69. The molecule has 0 rings (SSSR count). The lowest BCUT2D eigenvalue weighted by molar-refractivity contribution is -0.219. The van der Waals surface area contributed by atoms with Gasteiger partial charge in [-0.3, -0.25) is 4.79 Å². The molecule has 0 bridgehead atoms. The lowest BCUT2D eigenvalue weighted by Crippen LogP contribution is -2.55. The molecule has 0 heterocycles. The van der Waals surface area contributed by atoms with Crippen LogP contribution in [0.15, 0.2) is 0 Å². The van der Waals surface area contributed by atoms with Crippen molar-refractivity contribution >= 4 is 15.6 Å². The van der Waals surface area contributed by atoms with Crippen LogP contribution in [0.25, 0.3) is 0 Å². The molecule has 104 valence electrons. The molecule has 2 N–H and O–H groups in total. The van der Waals surface area contributed by atoms with Crippen molar-refractivity contribution < 1.29 is 49.4 Å². The third-order valence-corrected chi connectivity index (χ3v) is 2.56. The summed E-state index contributed by atoms with van der Waals surface area (Å²) < 4.78 is 105. The fourth-order valence-corrected chi connectivity index (χ4v) is 1.10. The number of hydrogen-bond acceptors (Lipinski definition) is 3. The van der Waals surface area contributed by atoms with Gasteiger partial charge in [-0.2, -0.15) is 30.7 Å². The monoisotopic (exact) mass is 294 g/mol. The molecule has 17 heavy (non-hydrogen) atoms. The van der Waals surface area contributed by atoms with Gasteiger partial charge in [0.2, 0.25) is 9.84 Å². The molecule has 0 fully saturated rings. The Morgan fingerprint density at radius 3 is 1.41 bits per heavy atom. The SMILES string of the molecule is CS(=O)(=O)C(F)(F)C(F)(F)C(=O)C(F)(F)F.O. The van der Waals surface area contributed by atoms with Gasteiger partial charge in [0.25, 0.3) is 0 Å². The number of carbonyl (C=O) groups is 1. The van der Waals surface area contributed by atoms with Crippen molar-refractivity contribution in [1.29, 1.82) is 0 Å². The van der Waals surface area contributed by atoms with Gasteiger partial charge >= 0.3 is 23.1 Å². The summed E-state index contributed by atoms with van der Waals surface area (Å²) in [5.74, 6) is -10.5. The number of rotatable bonds is 3.